The zero-order chi connectivity index (χ0) is 23.1. The molecule has 2 aromatic rings. The quantitative estimate of drug-likeness (QED) is 0.518. The lowest BCUT2D eigenvalue weighted by molar-refractivity contribution is -0.132. The minimum atomic E-state index is 0.188. The second kappa shape index (κ2) is 11.5. The molecule has 0 saturated heterocycles. The number of hydrogen-bond acceptors (Lipinski definition) is 5. The first-order valence-electron chi connectivity index (χ1n) is 12.1. The average molecular weight is 441 g/mol. The third-order valence-corrected chi connectivity index (χ3v) is 6.36. The Morgan fingerprint density at radius 2 is 1.75 bits per heavy atom. The molecule has 0 spiro atoms. The third-order valence-electron chi connectivity index (χ3n) is 6.36. The SMILES string of the molecule is CC(C)CC(=O)N(CCN(C)C)Cc1c(-c2ccccc2)noc1N(C)C1CCCCC1. The maximum atomic E-state index is 13.2. The van der Waals surface area contributed by atoms with Crippen LogP contribution in [0.5, 0.6) is 0 Å². The summed E-state index contributed by atoms with van der Waals surface area (Å²) in [5.74, 6) is 1.32. The van der Waals surface area contributed by atoms with Crippen molar-refractivity contribution in [2.24, 2.45) is 5.92 Å². The fraction of sp³-hybridized carbons (Fsp3) is 0.615. The molecule has 1 amide bonds. The molecule has 1 aromatic carbocycles. The van der Waals surface area contributed by atoms with Crippen LogP contribution in [0.25, 0.3) is 11.3 Å². The van der Waals surface area contributed by atoms with Gasteiger partial charge in [-0.15, -0.1) is 0 Å². The van der Waals surface area contributed by atoms with Crippen molar-refractivity contribution in [3.8, 4) is 11.3 Å². The van der Waals surface area contributed by atoms with Crippen LogP contribution in [0.3, 0.4) is 0 Å². The van der Waals surface area contributed by atoms with E-state index < -0.39 is 0 Å². The largest absolute Gasteiger partial charge is 0.340 e. The van der Waals surface area contributed by atoms with Crippen LogP contribution in [0.2, 0.25) is 0 Å². The van der Waals surface area contributed by atoms with Crippen LogP contribution in [0, 0.1) is 5.92 Å². The molecule has 0 bridgehead atoms. The smallest absolute Gasteiger partial charge is 0.232 e. The number of hydrogen-bond donors (Lipinski definition) is 0. The first-order valence-corrected chi connectivity index (χ1v) is 12.1. The lowest BCUT2D eigenvalue weighted by Gasteiger charge is -2.32. The summed E-state index contributed by atoms with van der Waals surface area (Å²) in [6, 6.07) is 10.6. The topological polar surface area (TPSA) is 52.8 Å². The number of carbonyl (C=O) groups is 1. The Bertz CT molecular complexity index is 841. The van der Waals surface area contributed by atoms with Gasteiger partial charge in [-0.1, -0.05) is 68.6 Å². The predicted molar refractivity (Wildman–Crippen MR) is 131 cm³/mol. The number of benzene rings is 1. The number of rotatable bonds is 10. The molecule has 0 radical (unpaired) electrons. The van der Waals surface area contributed by atoms with E-state index >= 15 is 0 Å². The van der Waals surface area contributed by atoms with Gasteiger partial charge in [0.25, 0.3) is 0 Å². The van der Waals surface area contributed by atoms with Crippen LogP contribution < -0.4 is 4.90 Å². The fourth-order valence-corrected chi connectivity index (χ4v) is 4.46. The van der Waals surface area contributed by atoms with Gasteiger partial charge in [0, 0.05) is 38.2 Å². The van der Waals surface area contributed by atoms with Gasteiger partial charge in [0.15, 0.2) is 0 Å². The second-order valence-corrected chi connectivity index (χ2v) is 9.80. The molecular weight excluding hydrogens is 400 g/mol. The highest BCUT2D eigenvalue weighted by Crippen LogP contribution is 2.35. The molecular formula is C26H40N4O2. The lowest BCUT2D eigenvalue weighted by atomic mass is 9.94. The van der Waals surface area contributed by atoms with E-state index in [0.29, 0.717) is 31.5 Å². The molecule has 1 aliphatic rings. The standard InChI is InChI=1S/C26H40N4O2/c1-20(2)18-24(31)30(17-16-28(3)4)19-23-25(21-12-8-6-9-13-21)27-32-26(23)29(5)22-14-10-7-11-15-22/h6,8-9,12-13,20,22H,7,10-11,14-19H2,1-5H3. The highest BCUT2D eigenvalue weighted by molar-refractivity contribution is 5.77. The van der Waals surface area contributed by atoms with E-state index in [9.17, 15) is 4.79 Å². The summed E-state index contributed by atoms with van der Waals surface area (Å²) in [6.07, 6.45) is 6.72. The molecule has 1 saturated carbocycles. The first-order chi connectivity index (χ1) is 15.4. The van der Waals surface area contributed by atoms with Crippen LogP contribution in [-0.2, 0) is 11.3 Å². The molecule has 6 heteroatoms. The van der Waals surface area contributed by atoms with E-state index in [1.807, 2.05) is 37.2 Å². The van der Waals surface area contributed by atoms with Crippen molar-refractivity contribution in [2.75, 3.05) is 39.1 Å². The number of aromatic nitrogens is 1. The van der Waals surface area contributed by atoms with E-state index in [1.54, 1.807) is 0 Å². The van der Waals surface area contributed by atoms with Crippen molar-refractivity contribution in [3.63, 3.8) is 0 Å². The van der Waals surface area contributed by atoms with Crippen LogP contribution in [0.15, 0.2) is 34.9 Å². The van der Waals surface area contributed by atoms with E-state index in [0.717, 1.165) is 29.2 Å². The van der Waals surface area contributed by atoms with Crippen molar-refractivity contribution in [1.82, 2.24) is 15.0 Å². The third kappa shape index (κ3) is 6.35. The molecule has 176 valence electrons. The molecule has 0 N–H and O–H groups in total. The highest BCUT2D eigenvalue weighted by atomic mass is 16.5. The van der Waals surface area contributed by atoms with Gasteiger partial charge in [0.2, 0.25) is 11.8 Å². The van der Waals surface area contributed by atoms with Gasteiger partial charge >= 0.3 is 0 Å². The monoisotopic (exact) mass is 440 g/mol. The van der Waals surface area contributed by atoms with Gasteiger partial charge in [-0.2, -0.15) is 0 Å². The zero-order valence-electron chi connectivity index (χ0n) is 20.5. The molecule has 32 heavy (non-hydrogen) atoms. The summed E-state index contributed by atoms with van der Waals surface area (Å²) in [5.41, 5.74) is 2.88. The minimum absolute atomic E-state index is 0.188. The number of nitrogens with zero attached hydrogens (tertiary/aromatic N) is 4. The second-order valence-electron chi connectivity index (χ2n) is 9.80. The number of anilines is 1. The molecule has 1 aromatic heterocycles. The van der Waals surface area contributed by atoms with Gasteiger partial charge < -0.3 is 19.2 Å². The Morgan fingerprint density at radius 1 is 1.06 bits per heavy atom. The van der Waals surface area contributed by atoms with Gasteiger partial charge in [-0.25, -0.2) is 0 Å². The van der Waals surface area contributed by atoms with Crippen molar-refractivity contribution in [1.29, 1.82) is 0 Å². The maximum Gasteiger partial charge on any atom is 0.232 e. The summed E-state index contributed by atoms with van der Waals surface area (Å²) in [4.78, 5) is 19.5. The van der Waals surface area contributed by atoms with Crippen LogP contribution >= 0.6 is 0 Å². The van der Waals surface area contributed by atoms with E-state index in [-0.39, 0.29) is 5.91 Å². The predicted octanol–water partition coefficient (Wildman–Crippen LogP) is 5.05. The normalized spacial score (nSPS) is 14.8. The zero-order valence-corrected chi connectivity index (χ0v) is 20.5. The van der Waals surface area contributed by atoms with Crippen LogP contribution in [-0.4, -0.2) is 61.1 Å². The molecule has 1 fully saturated rings. The molecule has 1 aliphatic carbocycles. The minimum Gasteiger partial charge on any atom is -0.340 e. The van der Waals surface area contributed by atoms with Gasteiger partial charge in [-0.05, 0) is 32.9 Å². The maximum absolute atomic E-state index is 13.2. The molecule has 3 rings (SSSR count). The van der Waals surface area contributed by atoms with Crippen molar-refractivity contribution < 1.29 is 9.32 Å². The fourth-order valence-electron chi connectivity index (χ4n) is 4.46. The van der Waals surface area contributed by atoms with Crippen molar-refractivity contribution in [2.45, 2.75) is 65.0 Å². The highest BCUT2D eigenvalue weighted by Gasteiger charge is 2.28. The summed E-state index contributed by atoms with van der Waals surface area (Å²) < 4.78 is 5.98. The van der Waals surface area contributed by atoms with Crippen molar-refractivity contribution in [3.05, 3.63) is 35.9 Å². The van der Waals surface area contributed by atoms with Gasteiger partial charge in [-0.3, -0.25) is 4.79 Å². The number of amides is 1. The summed E-state index contributed by atoms with van der Waals surface area (Å²) in [6.45, 7) is 6.21. The Kier molecular flexibility index (Phi) is 8.74. The summed E-state index contributed by atoms with van der Waals surface area (Å²) in [5, 5.41) is 4.51. The number of carbonyl (C=O) groups excluding carboxylic acids is 1. The van der Waals surface area contributed by atoms with Crippen LogP contribution in [0.4, 0.5) is 5.88 Å². The Morgan fingerprint density at radius 3 is 2.38 bits per heavy atom. The first kappa shape index (κ1) is 24.3. The summed E-state index contributed by atoms with van der Waals surface area (Å²) in [7, 11) is 6.21. The molecule has 0 unspecified atom stereocenters. The molecule has 1 heterocycles. The number of likely N-dealkylation sites (N-methyl/N-ethyl adjacent to an activating group) is 1. The Hall–Kier alpha value is -2.34. The van der Waals surface area contributed by atoms with Crippen LogP contribution in [0.1, 0.15) is 57.9 Å². The van der Waals surface area contributed by atoms with Crippen molar-refractivity contribution >= 4 is 11.8 Å². The van der Waals surface area contributed by atoms with E-state index in [2.05, 4.69) is 48.0 Å². The molecule has 0 aliphatic heterocycles. The molecule has 6 nitrogen and oxygen atoms in total. The Balaban J connectivity index is 1.95. The molecule has 0 atom stereocenters. The lowest BCUT2D eigenvalue weighted by Crippen LogP contribution is -2.38. The van der Waals surface area contributed by atoms with Gasteiger partial charge in [0.1, 0.15) is 5.69 Å². The average Bonchev–Trinajstić information content (AvgIpc) is 3.20. The van der Waals surface area contributed by atoms with E-state index in [4.69, 9.17) is 4.52 Å². The van der Waals surface area contributed by atoms with Gasteiger partial charge in [0.05, 0.1) is 12.1 Å². The summed E-state index contributed by atoms with van der Waals surface area (Å²) >= 11 is 0. The van der Waals surface area contributed by atoms with E-state index in [1.165, 1.54) is 32.1 Å². The Labute approximate surface area is 193 Å².